The maximum atomic E-state index is 11.4. The van der Waals surface area contributed by atoms with Gasteiger partial charge >= 0.3 is 5.97 Å². The van der Waals surface area contributed by atoms with E-state index in [4.69, 9.17) is 4.74 Å². The Morgan fingerprint density at radius 1 is 1.54 bits per heavy atom. The molecule has 1 fully saturated rings. The molecule has 1 atom stereocenters. The highest BCUT2D eigenvalue weighted by molar-refractivity contribution is 14.1. The first kappa shape index (κ1) is 11.2. The van der Waals surface area contributed by atoms with E-state index < -0.39 is 0 Å². The molecule has 1 rings (SSSR count). The van der Waals surface area contributed by atoms with Crippen molar-refractivity contribution in [1.82, 2.24) is 0 Å². The second kappa shape index (κ2) is 4.59. The van der Waals surface area contributed by atoms with Crippen LogP contribution in [0.4, 0.5) is 0 Å². The molecule has 0 saturated carbocycles. The van der Waals surface area contributed by atoms with E-state index in [0.29, 0.717) is 0 Å². The number of esters is 1. The van der Waals surface area contributed by atoms with Gasteiger partial charge in [0, 0.05) is 12.8 Å². The average molecular weight is 298 g/mol. The Kier molecular flexibility index (Phi) is 3.97. The van der Waals surface area contributed by atoms with Crippen LogP contribution in [0.2, 0.25) is 0 Å². The third-order valence-electron chi connectivity index (χ3n) is 2.43. The summed E-state index contributed by atoms with van der Waals surface area (Å²) < 4.78 is 5.43. The van der Waals surface area contributed by atoms with E-state index in [-0.39, 0.29) is 15.5 Å². The van der Waals surface area contributed by atoms with Crippen LogP contribution in [-0.4, -0.2) is 28.6 Å². The number of ether oxygens (including phenoxy) is 1. The molecular weight excluding hydrogens is 281 g/mol. The molecule has 0 radical (unpaired) electrons. The molecule has 0 aliphatic carbocycles. The predicted octanol–water partition coefficient (Wildman–Crippen LogP) is 0.469. The highest BCUT2D eigenvalue weighted by Crippen LogP contribution is 2.22. The van der Waals surface area contributed by atoms with Crippen LogP contribution >= 0.6 is 22.6 Å². The van der Waals surface area contributed by atoms with Crippen LogP contribution in [0.1, 0.15) is 26.7 Å². The molecule has 3 nitrogen and oxygen atoms in total. The molecule has 1 aliphatic rings. The average Bonchev–Trinajstić information content (AvgIpc) is 2.04. The van der Waals surface area contributed by atoms with Gasteiger partial charge in [0.1, 0.15) is 9.53 Å². The van der Waals surface area contributed by atoms with Crippen LogP contribution in [0.15, 0.2) is 0 Å². The van der Waals surface area contributed by atoms with E-state index in [9.17, 15) is 4.79 Å². The summed E-state index contributed by atoms with van der Waals surface area (Å²) in [6.45, 7) is 6.04. The monoisotopic (exact) mass is 298 g/mol. The Balaban J connectivity index is 2.45. The van der Waals surface area contributed by atoms with Gasteiger partial charge in [-0.15, -0.1) is 0 Å². The zero-order chi connectivity index (χ0) is 9.90. The number of alkyl halides is 1. The number of carbonyl (C=O) groups excluding carboxylic acids is 1. The SMILES string of the molecule is CC(I)C(=O)OC1(C)CC[NH2+]CC1. The van der Waals surface area contributed by atoms with Crippen LogP contribution in [0.25, 0.3) is 0 Å². The van der Waals surface area contributed by atoms with Crippen molar-refractivity contribution in [2.45, 2.75) is 36.2 Å². The van der Waals surface area contributed by atoms with Crippen molar-refractivity contribution in [2.24, 2.45) is 0 Å². The third kappa shape index (κ3) is 3.42. The number of carbonyl (C=O) groups is 1. The molecule has 1 heterocycles. The predicted molar refractivity (Wildman–Crippen MR) is 58.9 cm³/mol. The van der Waals surface area contributed by atoms with E-state index in [1.54, 1.807) is 0 Å². The maximum Gasteiger partial charge on any atom is 0.319 e. The maximum absolute atomic E-state index is 11.4. The highest BCUT2D eigenvalue weighted by atomic mass is 127. The second-order valence-electron chi connectivity index (χ2n) is 3.85. The van der Waals surface area contributed by atoms with Crippen LogP contribution < -0.4 is 5.32 Å². The van der Waals surface area contributed by atoms with Crippen LogP contribution in [0.3, 0.4) is 0 Å². The number of halogens is 1. The quantitative estimate of drug-likeness (QED) is 0.457. The van der Waals surface area contributed by atoms with Crippen molar-refractivity contribution >= 4 is 28.6 Å². The van der Waals surface area contributed by atoms with Crippen LogP contribution in [0.5, 0.6) is 0 Å². The van der Waals surface area contributed by atoms with Gasteiger partial charge in [-0.25, -0.2) is 0 Å². The first-order chi connectivity index (χ1) is 6.03. The summed E-state index contributed by atoms with van der Waals surface area (Å²) >= 11 is 2.09. The van der Waals surface area contributed by atoms with Gasteiger partial charge in [0.15, 0.2) is 0 Å². The lowest BCUT2D eigenvalue weighted by atomic mass is 9.94. The van der Waals surface area contributed by atoms with E-state index in [1.165, 1.54) is 0 Å². The first-order valence-corrected chi connectivity index (χ1v) is 5.97. The summed E-state index contributed by atoms with van der Waals surface area (Å²) in [5.41, 5.74) is -0.203. The van der Waals surface area contributed by atoms with E-state index >= 15 is 0 Å². The molecule has 0 aromatic heterocycles. The molecule has 13 heavy (non-hydrogen) atoms. The molecule has 0 aromatic rings. The van der Waals surface area contributed by atoms with E-state index in [1.807, 2.05) is 13.8 Å². The third-order valence-corrected chi connectivity index (χ3v) is 2.93. The lowest BCUT2D eigenvalue weighted by molar-refractivity contribution is -0.667. The number of hydrogen-bond acceptors (Lipinski definition) is 2. The van der Waals surface area contributed by atoms with Gasteiger partial charge in [-0.05, 0) is 13.8 Å². The minimum atomic E-state index is -0.203. The first-order valence-electron chi connectivity index (χ1n) is 4.72. The van der Waals surface area contributed by atoms with Crippen molar-refractivity contribution in [3.05, 3.63) is 0 Å². The van der Waals surface area contributed by atoms with E-state index in [0.717, 1.165) is 25.9 Å². The van der Waals surface area contributed by atoms with Crippen molar-refractivity contribution in [1.29, 1.82) is 0 Å². The topological polar surface area (TPSA) is 42.9 Å². The summed E-state index contributed by atoms with van der Waals surface area (Å²) in [4.78, 5) is 11.4. The van der Waals surface area contributed by atoms with Gasteiger partial charge in [-0.2, -0.15) is 0 Å². The number of piperidine rings is 1. The van der Waals surface area contributed by atoms with Gasteiger partial charge in [-0.3, -0.25) is 4.79 Å². The standard InChI is InChI=1S/C9H16INO2/c1-7(10)8(12)13-9(2)3-5-11-6-4-9/h7,11H,3-6H2,1-2H3/p+1. The molecule has 1 aliphatic heterocycles. The van der Waals surface area contributed by atoms with Crippen molar-refractivity contribution in [3.8, 4) is 0 Å². The molecule has 1 unspecified atom stereocenters. The van der Waals surface area contributed by atoms with E-state index in [2.05, 4.69) is 27.9 Å². The number of rotatable bonds is 2. The molecule has 0 spiro atoms. The summed E-state index contributed by atoms with van der Waals surface area (Å²) in [5.74, 6) is -0.0787. The Hall–Kier alpha value is 0.160. The Morgan fingerprint density at radius 2 is 2.08 bits per heavy atom. The molecule has 0 bridgehead atoms. The van der Waals surface area contributed by atoms with Crippen LogP contribution in [0, 0.1) is 0 Å². The molecule has 0 amide bonds. The molecule has 0 aromatic carbocycles. The lowest BCUT2D eigenvalue weighted by Gasteiger charge is -2.32. The normalized spacial score (nSPS) is 23.6. The van der Waals surface area contributed by atoms with Crippen molar-refractivity contribution < 1.29 is 14.8 Å². The zero-order valence-corrected chi connectivity index (χ0v) is 10.3. The molecule has 4 heteroatoms. The van der Waals surface area contributed by atoms with Gasteiger partial charge < -0.3 is 10.1 Å². The lowest BCUT2D eigenvalue weighted by Crippen LogP contribution is -2.87. The fraction of sp³-hybridized carbons (Fsp3) is 0.889. The van der Waals surface area contributed by atoms with Crippen molar-refractivity contribution in [2.75, 3.05) is 13.1 Å². The largest absolute Gasteiger partial charge is 0.458 e. The Bertz CT molecular complexity index is 188. The number of nitrogens with two attached hydrogens (primary N) is 1. The number of hydrogen-bond donors (Lipinski definition) is 1. The fourth-order valence-corrected chi connectivity index (χ4v) is 1.64. The summed E-state index contributed by atoms with van der Waals surface area (Å²) in [6, 6.07) is 0. The van der Waals surface area contributed by atoms with Gasteiger partial charge in [0.25, 0.3) is 0 Å². The summed E-state index contributed by atoms with van der Waals surface area (Å²) in [7, 11) is 0. The number of quaternary nitrogens is 1. The smallest absolute Gasteiger partial charge is 0.319 e. The Labute approximate surface area is 92.7 Å². The zero-order valence-electron chi connectivity index (χ0n) is 8.18. The molecule has 2 N–H and O–H groups in total. The fourth-order valence-electron chi connectivity index (χ4n) is 1.51. The molecule has 76 valence electrons. The van der Waals surface area contributed by atoms with Gasteiger partial charge in [0.05, 0.1) is 13.1 Å². The Morgan fingerprint density at radius 3 is 2.54 bits per heavy atom. The van der Waals surface area contributed by atoms with Crippen LogP contribution in [-0.2, 0) is 9.53 Å². The second-order valence-corrected chi connectivity index (χ2v) is 5.72. The minimum absolute atomic E-state index is 0.0414. The summed E-state index contributed by atoms with van der Waals surface area (Å²) in [6.07, 6.45) is 1.95. The minimum Gasteiger partial charge on any atom is -0.458 e. The highest BCUT2D eigenvalue weighted by Gasteiger charge is 2.33. The summed E-state index contributed by atoms with van der Waals surface area (Å²) in [5, 5.41) is 2.27. The van der Waals surface area contributed by atoms with Gasteiger partial charge in [0.2, 0.25) is 0 Å². The molecular formula is C9H17INO2+. The van der Waals surface area contributed by atoms with Gasteiger partial charge in [-0.1, -0.05) is 22.6 Å². The van der Waals surface area contributed by atoms with Crippen molar-refractivity contribution in [3.63, 3.8) is 0 Å². The molecule has 1 saturated heterocycles.